The second kappa shape index (κ2) is 7.89. The zero-order chi connectivity index (χ0) is 20.4. The van der Waals surface area contributed by atoms with E-state index in [2.05, 4.69) is 15.3 Å². The number of fused-ring (bicyclic) bond motifs is 1. The number of nitrogens with two attached hydrogens (primary N) is 1. The first-order chi connectivity index (χ1) is 14.0. The molecule has 0 saturated carbocycles. The zero-order valence-corrected chi connectivity index (χ0v) is 16.9. The van der Waals surface area contributed by atoms with Crippen LogP contribution in [0.15, 0.2) is 60.9 Å². The van der Waals surface area contributed by atoms with Gasteiger partial charge in [0.15, 0.2) is 5.13 Å². The summed E-state index contributed by atoms with van der Waals surface area (Å²) in [5.41, 5.74) is 7.30. The lowest BCUT2D eigenvalue weighted by atomic mass is 10.1. The Kier molecular flexibility index (Phi) is 5.14. The van der Waals surface area contributed by atoms with Crippen molar-refractivity contribution in [3.63, 3.8) is 0 Å². The lowest BCUT2D eigenvalue weighted by Gasteiger charge is -2.10. The van der Waals surface area contributed by atoms with Gasteiger partial charge in [0.05, 0.1) is 11.0 Å². The van der Waals surface area contributed by atoms with E-state index in [4.69, 9.17) is 10.5 Å². The zero-order valence-electron chi connectivity index (χ0n) is 16.0. The van der Waals surface area contributed by atoms with Crippen molar-refractivity contribution in [2.75, 3.05) is 11.1 Å². The maximum absolute atomic E-state index is 12.6. The highest BCUT2D eigenvalue weighted by atomic mass is 32.1. The molecule has 2 heterocycles. The summed E-state index contributed by atoms with van der Waals surface area (Å²) in [6.45, 7) is 3.92. The molecule has 7 heteroatoms. The fourth-order valence-electron chi connectivity index (χ4n) is 2.93. The van der Waals surface area contributed by atoms with Gasteiger partial charge in [0.2, 0.25) is 0 Å². The third-order valence-corrected chi connectivity index (χ3v) is 5.14. The Hall–Kier alpha value is -3.45. The normalized spacial score (nSPS) is 11.0. The fraction of sp³-hybridized carbons (Fsp3) is 0.136. The Morgan fingerprint density at radius 1 is 1.03 bits per heavy atom. The number of carbonyl (C=O) groups excluding carboxylic acids is 1. The van der Waals surface area contributed by atoms with Crippen LogP contribution >= 0.6 is 11.3 Å². The number of thiazole rings is 1. The number of ether oxygens (including phenoxy) is 1. The van der Waals surface area contributed by atoms with Gasteiger partial charge in [0.25, 0.3) is 5.91 Å². The molecule has 0 atom stereocenters. The largest absolute Gasteiger partial charge is 0.491 e. The van der Waals surface area contributed by atoms with Gasteiger partial charge < -0.3 is 15.8 Å². The average molecular weight is 404 g/mol. The molecule has 6 nitrogen and oxygen atoms in total. The predicted octanol–water partition coefficient (Wildman–Crippen LogP) is 4.98. The van der Waals surface area contributed by atoms with E-state index >= 15 is 0 Å². The molecule has 1 amide bonds. The van der Waals surface area contributed by atoms with E-state index in [1.807, 2.05) is 38.1 Å². The maximum atomic E-state index is 12.6. The van der Waals surface area contributed by atoms with Crippen LogP contribution in [0, 0.1) is 0 Å². The minimum absolute atomic E-state index is 0.0859. The van der Waals surface area contributed by atoms with Crippen LogP contribution in [0.25, 0.3) is 21.2 Å². The molecule has 4 aromatic rings. The van der Waals surface area contributed by atoms with Crippen LogP contribution in [-0.4, -0.2) is 22.0 Å². The first-order valence-corrected chi connectivity index (χ1v) is 9.99. The molecule has 0 spiro atoms. The number of hydrogen-bond donors (Lipinski definition) is 2. The summed E-state index contributed by atoms with van der Waals surface area (Å²) < 4.78 is 5.61. The molecule has 0 unspecified atom stereocenters. The first-order valence-electron chi connectivity index (χ1n) is 9.17. The van der Waals surface area contributed by atoms with E-state index in [1.54, 1.807) is 36.7 Å². The molecule has 0 aliphatic heterocycles. The molecule has 146 valence electrons. The van der Waals surface area contributed by atoms with E-state index in [0.717, 1.165) is 27.0 Å². The van der Waals surface area contributed by atoms with Crippen molar-refractivity contribution in [2.45, 2.75) is 20.0 Å². The number of nitrogen functional groups attached to an aromatic ring is 1. The summed E-state index contributed by atoms with van der Waals surface area (Å²) in [5, 5.41) is 5.35. The SMILES string of the molecule is CC(C)Oc1ccc(C(=O)Nc2cc3cc(-c4cnc(N)s4)ccc3cn2)cc1. The van der Waals surface area contributed by atoms with Gasteiger partial charge >= 0.3 is 0 Å². The van der Waals surface area contributed by atoms with Crippen molar-refractivity contribution >= 4 is 39.0 Å². The number of nitrogens with one attached hydrogen (secondary N) is 1. The summed E-state index contributed by atoms with van der Waals surface area (Å²) in [7, 11) is 0. The first kappa shape index (κ1) is 18.9. The highest BCUT2D eigenvalue weighted by molar-refractivity contribution is 7.18. The molecule has 3 N–H and O–H groups in total. The minimum Gasteiger partial charge on any atom is -0.491 e. The van der Waals surface area contributed by atoms with Gasteiger partial charge in [-0.3, -0.25) is 4.79 Å². The van der Waals surface area contributed by atoms with Crippen LogP contribution in [0.3, 0.4) is 0 Å². The molecular weight excluding hydrogens is 384 g/mol. The standard InChI is InChI=1S/C22H20N4O2S/c1-13(2)28-18-7-5-14(6-8-18)21(27)26-20-10-17-9-15(3-4-16(17)11-24-20)19-12-25-22(23)29-19/h3-13H,1-2H3,(H2,23,25)(H,24,26,27). The number of pyridine rings is 1. The lowest BCUT2D eigenvalue weighted by Crippen LogP contribution is -2.13. The van der Waals surface area contributed by atoms with Gasteiger partial charge in [-0.15, -0.1) is 0 Å². The Balaban J connectivity index is 1.55. The second-order valence-corrected chi connectivity index (χ2v) is 7.90. The molecule has 4 rings (SSSR count). The van der Waals surface area contributed by atoms with Gasteiger partial charge in [-0.2, -0.15) is 0 Å². The number of nitrogens with zero attached hydrogens (tertiary/aromatic N) is 2. The maximum Gasteiger partial charge on any atom is 0.256 e. The van der Waals surface area contributed by atoms with Gasteiger partial charge in [0.1, 0.15) is 11.6 Å². The Morgan fingerprint density at radius 2 is 1.83 bits per heavy atom. The monoisotopic (exact) mass is 404 g/mol. The molecule has 2 aromatic carbocycles. The van der Waals surface area contributed by atoms with E-state index in [0.29, 0.717) is 16.5 Å². The fourth-order valence-corrected chi connectivity index (χ4v) is 3.61. The van der Waals surface area contributed by atoms with E-state index < -0.39 is 0 Å². The summed E-state index contributed by atoms with van der Waals surface area (Å²) in [4.78, 5) is 22.0. The Morgan fingerprint density at radius 3 is 2.52 bits per heavy atom. The van der Waals surface area contributed by atoms with Gasteiger partial charge in [-0.25, -0.2) is 9.97 Å². The lowest BCUT2D eigenvalue weighted by molar-refractivity contribution is 0.102. The highest BCUT2D eigenvalue weighted by Crippen LogP contribution is 2.30. The third kappa shape index (κ3) is 4.35. The number of amides is 1. The molecular formula is C22H20N4O2S. The van der Waals surface area contributed by atoms with Crippen molar-refractivity contribution in [1.82, 2.24) is 9.97 Å². The highest BCUT2D eigenvalue weighted by Gasteiger charge is 2.09. The number of hydrogen-bond acceptors (Lipinski definition) is 6. The summed E-state index contributed by atoms with van der Waals surface area (Å²) in [6.07, 6.45) is 3.59. The van der Waals surface area contributed by atoms with Crippen LogP contribution in [0.4, 0.5) is 10.9 Å². The Labute approximate surface area is 172 Å². The smallest absolute Gasteiger partial charge is 0.256 e. The molecule has 0 aliphatic carbocycles. The molecule has 0 aliphatic rings. The summed E-state index contributed by atoms with van der Waals surface area (Å²) in [6, 6.07) is 14.9. The van der Waals surface area contributed by atoms with Crippen molar-refractivity contribution in [3.05, 3.63) is 66.5 Å². The van der Waals surface area contributed by atoms with Crippen molar-refractivity contribution in [2.24, 2.45) is 0 Å². The number of rotatable bonds is 5. The molecule has 2 aromatic heterocycles. The summed E-state index contributed by atoms with van der Waals surface area (Å²) in [5.74, 6) is 1.00. The molecule has 29 heavy (non-hydrogen) atoms. The number of anilines is 2. The van der Waals surface area contributed by atoms with Crippen LogP contribution in [0.5, 0.6) is 5.75 Å². The minimum atomic E-state index is -0.223. The topological polar surface area (TPSA) is 90.1 Å². The van der Waals surface area contributed by atoms with Crippen LogP contribution in [0.1, 0.15) is 24.2 Å². The van der Waals surface area contributed by atoms with E-state index in [-0.39, 0.29) is 12.0 Å². The molecule has 0 bridgehead atoms. The molecule has 0 saturated heterocycles. The number of carbonyl (C=O) groups is 1. The predicted molar refractivity (Wildman–Crippen MR) is 117 cm³/mol. The van der Waals surface area contributed by atoms with E-state index in [9.17, 15) is 4.79 Å². The van der Waals surface area contributed by atoms with Crippen LogP contribution in [0.2, 0.25) is 0 Å². The summed E-state index contributed by atoms with van der Waals surface area (Å²) >= 11 is 1.44. The van der Waals surface area contributed by atoms with Crippen LogP contribution < -0.4 is 15.8 Å². The van der Waals surface area contributed by atoms with E-state index in [1.165, 1.54) is 11.3 Å². The number of benzene rings is 2. The van der Waals surface area contributed by atoms with Crippen molar-refractivity contribution < 1.29 is 9.53 Å². The second-order valence-electron chi connectivity index (χ2n) is 6.84. The quantitative estimate of drug-likeness (QED) is 0.490. The average Bonchev–Trinajstić information content (AvgIpc) is 3.14. The molecule has 0 radical (unpaired) electrons. The Bertz CT molecular complexity index is 1170. The van der Waals surface area contributed by atoms with Crippen molar-refractivity contribution in [1.29, 1.82) is 0 Å². The van der Waals surface area contributed by atoms with Crippen LogP contribution in [-0.2, 0) is 0 Å². The van der Waals surface area contributed by atoms with Gasteiger partial charge in [-0.1, -0.05) is 23.5 Å². The van der Waals surface area contributed by atoms with Gasteiger partial charge in [0, 0.05) is 23.3 Å². The van der Waals surface area contributed by atoms with Crippen molar-refractivity contribution in [3.8, 4) is 16.2 Å². The number of aromatic nitrogens is 2. The molecule has 0 fully saturated rings. The third-order valence-electron chi connectivity index (χ3n) is 4.26. The van der Waals surface area contributed by atoms with Gasteiger partial charge in [-0.05, 0) is 61.2 Å².